The van der Waals surface area contributed by atoms with Crippen molar-refractivity contribution in [1.82, 2.24) is 19.3 Å². The lowest BCUT2D eigenvalue weighted by atomic mass is 10.1. The number of sulfone groups is 1. The number of carbonyl (C=O) groups is 1. The molecule has 1 aromatic carbocycles. The van der Waals surface area contributed by atoms with E-state index in [0.29, 0.717) is 36.7 Å². The lowest BCUT2D eigenvalue weighted by Crippen LogP contribution is -2.39. The normalized spacial score (nSPS) is 14.7. The number of nitrogens with one attached hydrogen (secondary N) is 1. The van der Waals surface area contributed by atoms with E-state index < -0.39 is 15.4 Å². The first kappa shape index (κ1) is 24.0. The highest BCUT2D eigenvalue weighted by Gasteiger charge is 2.25. The molecule has 0 atom stereocenters. The molecule has 2 aromatic heterocycles. The quantitative estimate of drug-likeness (QED) is 0.556. The molecule has 11 heteroatoms. The second kappa shape index (κ2) is 8.92. The molecule has 0 fully saturated rings. The molecule has 180 valence electrons. The van der Waals surface area contributed by atoms with Crippen molar-refractivity contribution in [2.75, 3.05) is 24.7 Å². The predicted molar refractivity (Wildman–Crippen MR) is 131 cm³/mol. The smallest absolute Gasteiger partial charge is 0.410 e. The van der Waals surface area contributed by atoms with E-state index in [2.05, 4.69) is 15.3 Å². The van der Waals surface area contributed by atoms with Crippen LogP contribution in [0.25, 0.3) is 11.2 Å². The zero-order chi connectivity index (χ0) is 24.7. The zero-order valence-corrected chi connectivity index (χ0v) is 20.9. The van der Waals surface area contributed by atoms with E-state index in [-0.39, 0.29) is 16.0 Å². The Labute approximate surface area is 203 Å². The molecule has 1 N–H and O–H groups in total. The van der Waals surface area contributed by atoms with Crippen LogP contribution in [-0.2, 0) is 14.6 Å². The number of amides is 1. The van der Waals surface area contributed by atoms with Crippen molar-refractivity contribution in [3.8, 4) is 0 Å². The monoisotopic (exact) mass is 503 g/mol. The fraction of sp³-hybridized carbons (Fsp3) is 0.348. The van der Waals surface area contributed by atoms with Gasteiger partial charge in [0.1, 0.15) is 5.60 Å². The molecule has 0 unspecified atom stereocenters. The van der Waals surface area contributed by atoms with E-state index in [1.807, 2.05) is 37.4 Å². The first-order valence-electron chi connectivity index (χ1n) is 10.7. The van der Waals surface area contributed by atoms with Gasteiger partial charge in [0.15, 0.2) is 21.3 Å². The predicted octanol–water partition coefficient (Wildman–Crippen LogP) is 4.55. The van der Waals surface area contributed by atoms with Crippen molar-refractivity contribution in [2.45, 2.75) is 37.7 Å². The maximum absolute atomic E-state index is 12.3. The van der Waals surface area contributed by atoms with E-state index in [9.17, 15) is 13.2 Å². The Morgan fingerprint density at radius 1 is 1.24 bits per heavy atom. The van der Waals surface area contributed by atoms with E-state index in [1.165, 1.54) is 12.1 Å². The Hall–Kier alpha value is -3.11. The number of ether oxygens (including phenoxy) is 1. The standard InChI is InChI=1S/C23H26ClN5O4S/c1-23(2,3)33-22(30)28-10-7-15(8-11-28)19-14-26-21-20(25-9-12-29(19)21)27-18-6-5-16(13-17(18)24)34(4,31)32/h5-7,9,12-14H,8,10-11H2,1-4H3,(H,25,27). The van der Waals surface area contributed by atoms with Crippen LogP contribution in [0.15, 0.2) is 47.8 Å². The van der Waals surface area contributed by atoms with Gasteiger partial charge in [-0.25, -0.2) is 23.2 Å². The minimum Gasteiger partial charge on any atom is -0.444 e. The summed E-state index contributed by atoms with van der Waals surface area (Å²) in [5, 5.41) is 3.40. The van der Waals surface area contributed by atoms with Crippen LogP contribution >= 0.6 is 11.6 Å². The minimum absolute atomic E-state index is 0.141. The Morgan fingerprint density at radius 3 is 2.62 bits per heavy atom. The third-order valence-corrected chi connectivity index (χ3v) is 6.66. The first-order chi connectivity index (χ1) is 15.9. The highest BCUT2D eigenvalue weighted by Crippen LogP contribution is 2.30. The summed E-state index contributed by atoms with van der Waals surface area (Å²) in [4.78, 5) is 23.1. The van der Waals surface area contributed by atoms with Crippen molar-refractivity contribution in [2.24, 2.45) is 0 Å². The maximum Gasteiger partial charge on any atom is 0.410 e. The molecular weight excluding hydrogens is 478 g/mol. The van der Waals surface area contributed by atoms with Crippen molar-refractivity contribution < 1.29 is 17.9 Å². The average Bonchev–Trinajstić information content (AvgIpc) is 3.18. The molecule has 0 bridgehead atoms. The molecule has 34 heavy (non-hydrogen) atoms. The van der Waals surface area contributed by atoms with Crippen LogP contribution in [0.3, 0.4) is 0 Å². The zero-order valence-electron chi connectivity index (χ0n) is 19.4. The second-order valence-corrected chi connectivity index (χ2v) is 11.5. The molecule has 3 heterocycles. The minimum atomic E-state index is -3.36. The number of fused-ring (bicyclic) bond motifs is 1. The molecule has 0 saturated carbocycles. The largest absolute Gasteiger partial charge is 0.444 e. The van der Waals surface area contributed by atoms with E-state index >= 15 is 0 Å². The number of aromatic nitrogens is 3. The maximum atomic E-state index is 12.3. The molecule has 4 rings (SSSR count). The third kappa shape index (κ3) is 5.18. The number of benzene rings is 1. The third-order valence-electron chi connectivity index (χ3n) is 5.24. The van der Waals surface area contributed by atoms with Gasteiger partial charge in [0.2, 0.25) is 0 Å². The summed E-state index contributed by atoms with van der Waals surface area (Å²) >= 11 is 6.31. The molecule has 0 radical (unpaired) electrons. The Morgan fingerprint density at radius 2 is 2.00 bits per heavy atom. The fourth-order valence-electron chi connectivity index (χ4n) is 3.59. The fourth-order valence-corrected chi connectivity index (χ4v) is 4.53. The number of nitrogens with zero attached hydrogens (tertiary/aromatic N) is 4. The molecule has 1 aliphatic rings. The molecule has 1 aliphatic heterocycles. The van der Waals surface area contributed by atoms with Gasteiger partial charge in [-0.1, -0.05) is 17.7 Å². The lowest BCUT2D eigenvalue weighted by Gasteiger charge is -2.29. The Balaban J connectivity index is 1.57. The van der Waals surface area contributed by atoms with Crippen molar-refractivity contribution in [3.05, 3.63) is 53.6 Å². The highest BCUT2D eigenvalue weighted by atomic mass is 35.5. The van der Waals surface area contributed by atoms with Crippen LogP contribution in [0.1, 0.15) is 32.9 Å². The molecule has 0 saturated heterocycles. The number of imidazole rings is 1. The van der Waals surface area contributed by atoms with Crippen LogP contribution in [0.5, 0.6) is 0 Å². The number of anilines is 2. The van der Waals surface area contributed by atoms with Gasteiger partial charge in [-0.05, 0) is 51.0 Å². The van der Waals surface area contributed by atoms with Gasteiger partial charge in [0, 0.05) is 31.7 Å². The SMILES string of the molecule is CC(C)(C)OC(=O)N1CC=C(c2cnc3c(Nc4ccc(S(C)(=O)=O)cc4Cl)nccn23)CC1. The van der Waals surface area contributed by atoms with E-state index in [1.54, 1.807) is 23.4 Å². The summed E-state index contributed by atoms with van der Waals surface area (Å²) in [6, 6.07) is 4.49. The van der Waals surface area contributed by atoms with Gasteiger partial charge in [-0.2, -0.15) is 0 Å². The van der Waals surface area contributed by atoms with Crippen LogP contribution in [0.2, 0.25) is 5.02 Å². The van der Waals surface area contributed by atoms with Gasteiger partial charge in [-0.15, -0.1) is 0 Å². The lowest BCUT2D eigenvalue weighted by molar-refractivity contribution is 0.0270. The van der Waals surface area contributed by atoms with Crippen LogP contribution in [-0.4, -0.2) is 58.7 Å². The van der Waals surface area contributed by atoms with Gasteiger partial charge < -0.3 is 15.0 Å². The molecular formula is C23H26ClN5O4S. The number of hydrogen-bond donors (Lipinski definition) is 1. The summed E-state index contributed by atoms with van der Waals surface area (Å²) in [7, 11) is -3.36. The number of halogens is 1. The van der Waals surface area contributed by atoms with Gasteiger partial charge in [0.25, 0.3) is 0 Å². The first-order valence-corrected chi connectivity index (χ1v) is 13.0. The molecule has 1 amide bonds. The van der Waals surface area contributed by atoms with Crippen molar-refractivity contribution in [3.63, 3.8) is 0 Å². The summed E-state index contributed by atoms with van der Waals surface area (Å²) < 4.78 is 30.9. The van der Waals surface area contributed by atoms with Gasteiger partial charge >= 0.3 is 6.09 Å². The van der Waals surface area contributed by atoms with Crippen LogP contribution in [0.4, 0.5) is 16.3 Å². The van der Waals surface area contributed by atoms with Crippen molar-refractivity contribution in [1.29, 1.82) is 0 Å². The average molecular weight is 504 g/mol. The van der Waals surface area contributed by atoms with E-state index in [4.69, 9.17) is 16.3 Å². The Kier molecular flexibility index (Phi) is 6.30. The molecule has 0 spiro atoms. The summed E-state index contributed by atoms with van der Waals surface area (Å²) in [5.74, 6) is 0.481. The number of carbonyl (C=O) groups excluding carboxylic acids is 1. The van der Waals surface area contributed by atoms with Gasteiger partial charge in [-0.3, -0.25) is 4.40 Å². The highest BCUT2D eigenvalue weighted by molar-refractivity contribution is 7.90. The number of hydrogen-bond acceptors (Lipinski definition) is 7. The van der Waals surface area contributed by atoms with Crippen molar-refractivity contribution >= 4 is 50.3 Å². The number of rotatable bonds is 4. The summed E-state index contributed by atoms with van der Waals surface area (Å²) in [6.07, 6.45) is 8.71. The molecule has 3 aromatic rings. The van der Waals surface area contributed by atoms with Crippen LogP contribution < -0.4 is 5.32 Å². The van der Waals surface area contributed by atoms with E-state index in [0.717, 1.165) is 17.5 Å². The summed E-state index contributed by atoms with van der Waals surface area (Å²) in [5.41, 5.74) is 2.55. The summed E-state index contributed by atoms with van der Waals surface area (Å²) in [6.45, 7) is 6.55. The molecule has 9 nitrogen and oxygen atoms in total. The van der Waals surface area contributed by atoms with Crippen LogP contribution in [0, 0.1) is 0 Å². The Bertz CT molecular complexity index is 1390. The topological polar surface area (TPSA) is 106 Å². The van der Waals surface area contributed by atoms with Gasteiger partial charge in [0.05, 0.1) is 27.5 Å². The second-order valence-electron chi connectivity index (χ2n) is 9.06. The molecule has 0 aliphatic carbocycles.